The maximum Gasteiger partial charge on any atom is 0.251 e. The Hall–Kier alpha value is -3.20. The molecule has 8 nitrogen and oxygen atoms in total. The minimum Gasteiger partial charge on any atom is -0.341 e. The molecule has 0 aliphatic carbocycles. The van der Waals surface area contributed by atoms with Gasteiger partial charge in [-0.1, -0.05) is 23.4 Å². The monoisotopic (exact) mass is 386 g/mol. The number of sulfonamides is 1. The van der Waals surface area contributed by atoms with Crippen molar-refractivity contribution in [3.8, 4) is 11.4 Å². The van der Waals surface area contributed by atoms with Crippen molar-refractivity contribution in [3.05, 3.63) is 66.1 Å². The highest BCUT2D eigenvalue weighted by Crippen LogP contribution is 2.21. The number of amides is 1. The van der Waals surface area contributed by atoms with E-state index in [1.54, 1.807) is 55.5 Å². The van der Waals surface area contributed by atoms with Gasteiger partial charge in [0.15, 0.2) is 0 Å². The summed E-state index contributed by atoms with van der Waals surface area (Å²) in [6.07, 6.45) is 1.08. The SMILES string of the molecule is C[C@@H](NC(=O)c1ccccc1)c1nc(-c2ccc(NS(C)(=O)=O)cc2)no1. The molecule has 0 radical (unpaired) electrons. The molecule has 2 N–H and O–H groups in total. The minimum absolute atomic E-state index is 0.237. The van der Waals surface area contributed by atoms with E-state index in [2.05, 4.69) is 20.2 Å². The van der Waals surface area contributed by atoms with Gasteiger partial charge in [0, 0.05) is 16.8 Å². The van der Waals surface area contributed by atoms with Crippen LogP contribution in [-0.4, -0.2) is 30.7 Å². The van der Waals surface area contributed by atoms with Gasteiger partial charge in [-0.15, -0.1) is 0 Å². The third kappa shape index (κ3) is 4.91. The molecule has 140 valence electrons. The van der Waals surface area contributed by atoms with E-state index in [1.807, 2.05) is 6.07 Å². The van der Waals surface area contributed by atoms with Crippen LogP contribution in [0.2, 0.25) is 0 Å². The van der Waals surface area contributed by atoms with Gasteiger partial charge in [-0.25, -0.2) is 8.42 Å². The average Bonchev–Trinajstić information content (AvgIpc) is 3.12. The molecule has 3 aromatic rings. The van der Waals surface area contributed by atoms with E-state index in [0.717, 1.165) is 6.26 Å². The summed E-state index contributed by atoms with van der Waals surface area (Å²) >= 11 is 0. The Morgan fingerprint density at radius 2 is 1.74 bits per heavy atom. The van der Waals surface area contributed by atoms with Crippen LogP contribution in [0.1, 0.15) is 29.2 Å². The Morgan fingerprint density at radius 1 is 1.07 bits per heavy atom. The highest BCUT2D eigenvalue weighted by atomic mass is 32.2. The lowest BCUT2D eigenvalue weighted by Gasteiger charge is -2.09. The number of hydrogen-bond acceptors (Lipinski definition) is 6. The van der Waals surface area contributed by atoms with Gasteiger partial charge in [0.25, 0.3) is 5.91 Å². The van der Waals surface area contributed by atoms with Gasteiger partial charge in [0.1, 0.15) is 6.04 Å². The van der Waals surface area contributed by atoms with E-state index in [4.69, 9.17) is 4.52 Å². The first-order chi connectivity index (χ1) is 12.8. The second-order valence-corrected chi connectivity index (χ2v) is 7.72. The lowest BCUT2D eigenvalue weighted by Crippen LogP contribution is -2.26. The third-order valence-corrected chi connectivity index (χ3v) is 4.25. The van der Waals surface area contributed by atoms with Gasteiger partial charge in [0.2, 0.25) is 21.7 Å². The number of nitrogens with zero attached hydrogens (tertiary/aromatic N) is 2. The number of hydrogen-bond donors (Lipinski definition) is 2. The standard InChI is InChI=1S/C18H18N4O4S/c1-12(19-17(23)14-6-4-3-5-7-14)18-20-16(21-26-18)13-8-10-15(11-9-13)22-27(2,24)25/h3-12,22H,1-2H3,(H,19,23)/t12-/m1/s1. The molecule has 1 aromatic heterocycles. The third-order valence-electron chi connectivity index (χ3n) is 3.64. The van der Waals surface area contributed by atoms with Crippen LogP contribution in [0.5, 0.6) is 0 Å². The summed E-state index contributed by atoms with van der Waals surface area (Å²) in [7, 11) is -3.34. The second kappa shape index (κ2) is 7.58. The molecular formula is C18H18N4O4S. The fraction of sp³-hybridized carbons (Fsp3) is 0.167. The molecule has 0 bridgehead atoms. The van der Waals surface area contributed by atoms with E-state index in [1.165, 1.54) is 0 Å². The van der Waals surface area contributed by atoms with E-state index >= 15 is 0 Å². The summed E-state index contributed by atoms with van der Waals surface area (Å²) in [5.41, 5.74) is 1.64. The van der Waals surface area contributed by atoms with Crippen molar-refractivity contribution in [2.75, 3.05) is 11.0 Å². The number of carbonyl (C=O) groups is 1. The van der Waals surface area contributed by atoms with Gasteiger partial charge < -0.3 is 9.84 Å². The summed E-state index contributed by atoms with van der Waals surface area (Å²) in [5, 5.41) is 6.72. The quantitative estimate of drug-likeness (QED) is 0.673. The number of nitrogens with one attached hydrogen (secondary N) is 2. The number of aromatic nitrogens is 2. The molecule has 0 saturated heterocycles. The van der Waals surface area contributed by atoms with Gasteiger partial charge in [-0.2, -0.15) is 4.98 Å². The van der Waals surface area contributed by atoms with Crippen molar-refractivity contribution in [1.82, 2.24) is 15.5 Å². The highest BCUT2D eigenvalue weighted by molar-refractivity contribution is 7.92. The van der Waals surface area contributed by atoms with Crippen LogP contribution in [-0.2, 0) is 10.0 Å². The molecule has 1 amide bonds. The molecule has 1 heterocycles. The van der Waals surface area contributed by atoms with Crippen LogP contribution in [0.4, 0.5) is 5.69 Å². The number of rotatable bonds is 6. The Morgan fingerprint density at radius 3 is 2.37 bits per heavy atom. The minimum atomic E-state index is -3.34. The summed E-state index contributed by atoms with van der Waals surface area (Å²) < 4.78 is 30.1. The zero-order valence-corrected chi connectivity index (χ0v) is 15.5. The zero-order chi connectivity index (χ0) is 19.4. The summed E-state index contributed by atoms with van der Waals surface area (Å²) in [5.74, 6) is 0.378. The molecule has 9 heteroatoms. The van der Waals surface area contributed by atoms with Gasteiger partial charge in [-0.3, -0.25) is 9.52 Å². The van der Waals surface area contributed by atoms with Crippen LogP contribution in [0.15, 0.2) is 59.1 Å². The topological polar surface area (TPSA) is 114 Å². The van der Waals surface area contributed by atoms with E-state index in [-0.39, 0.29) is 11.8 Å². The molecule has 27 heavy (non-hydrogen) atoms. The first-order valence-electron chi connectivity index (χ1n) is 8.09. The fourth-order valence-electron chi connectivity index (χ4n) is 2.36. The largest absolute Gasteiger partial charge is 0.341 e. The fourth-order valence-corrected chi connectivity index (χ4v) is 2.93. The zero-order valence-electron chi connectivity index (χ0n) is 14.7. The van der Waals surface area contributed by atoms with Gasteiger partial charge >= 0.3 is 0 Å². The van der Waals surface area contributed by atoms with Gasteiger partial charge in [0.05, 0.1) is 6.26 Å². The van der Waals surface area contributed by atoms with E-state index in [9.17, 15) is 13.2 Å². The van der Waals surface area contributed by atoms with Crippen molar-refractivity contribution >= 4 is 21.6 Å². The molecular weight excluding hydrogens is 368 g/mol. The molecule has 1 atom stereocenters. The molecule has 0 aliphatic rings. The first kappa shape index (κ1) is 18.6. The van der Waals surface area contributed by atoms with Gasteiger partial charge in [-0.05, 0) is 43.3 Å². The number of carbonyl (C=O) groups excluding carboxylic acids is 1. The predicted molar refractivity (Wildman–Crippen MR) is 101 cm³/mol. The van der Waals surface area contributed by atoms with E-state index in [0.29, 0.717) is 22.6 Å². The van der Waals surface area contributed by atoms with Crippen molar-refractivity contribution in [3.63, 3.8) is 0 Å². The lowest BCUT2D eigenvalue weighted by molar-refractivity contribution is 0.0932. The number of benzene rings is 2. The second-order valence-electron chi connectivity index (χ2n) is 5.97. The average molecular weight is 386 g/mol. The van der Waals surface area contributed by atoms with Crippen LogP contribution >= 0.6 is 0 Å². The molecule has 0 unspecified atom stereocenters. The van der Waals surface area contributed by atoms with Crippen LogP contribution in [0.3, 0.4) is 0 Å². The van der Waals surface area contributed by atoms with Crippen LogP contribution < -0.4 is 10.0 Å². The summed E-state index contributed by atoms with van der Waals surface area (Å²) in [6, 6.07) is 14.9. The number of anilines is 1. The molecule has 0 spiro atoms. The Balaban J connectivity index is 1.69. The first-order valence-corrected chi connectivity index (χ1v) is 9.99. The Kier molecular flexibility index (Phi) is 5.22. The Labute approximate surface area is 156 Å². The molecule has 0 saturated carbocycles. The summed E-state index contributed by atoms with van der Waals surface area (Å²) in [4.78, 5) is 16.5. The highest BCUT2D eigenvalue weighted by Gasteiger charge is 2.18. The van der Waals surface area contributed by atoms with Crippen LogP contribution in [0, 0.1) is 0 Å². The maximum atomic E-state index is 12.2. The maximum absolute atomic E-state index is 12.2. The predicted octanol–water partition coefficient (Wildman–Crippen LogP) is 2.60. The lowest BCUT2D eigenvalue weighted by atomic mass is 10.2. The summed E-state index contributed by atoms with van der Waals surface area (Å²) in [6.45, 7) is 1.75. The van der Waals surface area contributed by atoms with Crippen molar-refractivity contribution < 1.29 is 17.7 Å². The molecule has 0 aliphatic heterocycles. The normalized spacial score (nSPS) is 12.4. The van der Waals surface area contributed by atoms with E-state index < -0.39 is 16.1 Å². The smallest absolute Gasteiger partial charge is 0.251 e. The van der Waals surface area contributed by atoms with Crippen LogP contribution in [0.25, 0.3) is 11.4 Å². The van der Waals surface area contributed by atoms with Crippen molar-refractivity contribution in [2.45, 2.75) is 13.0 Å². The molecule has 0 fully saturated rings. The van der Waals surface area contributed by atoms with Crippen molar-refractivity contribution in [2.24, 2.45) is 0 Å². The molecule has 2 aromatic carbocycles. The van der Waals surface area contributed by atoms with Crippen molar-refractivity contribution in [1.29, 1.82) is 0 Å². The Bertz CT molecular complexity index is 1030. The molecule has 3 rings (SSSR count).